The van der Waals surface area contributed by atoms with Crippen LogP contribution < -0.4 is 0 Å². The summed E-state index contributed by atoms with van der Waals surface area (Å²) in [7, 11) is 0. The van der Waals surface area contributed by atoms with E-state index in [1.54, 1.807) is 6.08 Å². The second-order valence-electron chi connectivity index (χ2n) is 4.18. The van der Waals surface area contributed by atoms with Crippen molar-refractivity contribution in [2.75, 3.05) is 0 Å². The SMILES string of the molecule is C=CC[C@]1(O)CCc2ccc(C)cc21. The first kappa shape index (κ1) is 9.47. The van der Waals surface area contributed by atoms with Crippen LogP contribution in [0, 0.1) is 6.92 Å². The zero-order chi connectivity index (χ0) is 10.2. The van der Waals surface area contributed by atoms with Crippen molar-refractivity contribution in [3.63, 3.8) is 0 Å². The van der Waals surface area contributed by atoms with Crippen LogP contribution in [0.1, 0.15) is 29.5 Å². The van der Waals surface area contributed by atoms with Crippen molar-refractivity contribution in [1.29, 1.82) is 0 Å². The van der Waals surface area contributed by atoms with E-state index in [-0.39, 0.29) is 0 Å². The first-order chi connectivity index (χ1) is 6.65. The van der Waals surface area contributed by atoms with Gasteiger partial charge in [-0.1, -0.05) is 29.8 Å². The summed E-state index contributed by atoms with van der Waals surface area (Å²) in [5.41, 5.74) is 2.97. The van der Waals surface area contributed by atoms with E-state index >= 15 is 0 Å². The number of rotatable bonds is 2. The zero-order valence-electron chi connectivity index (χ0n) is 8.59. The molecule has 0 fully saturated rings. The Hall–Kier alpha value is -1.08. The third-order valence-corrected chi connectivity index (χ3v) is 3.06. The summed E-state index contributed by atoms with van der Waals surface area (Å²) in [5, 5.41) is 10.4. The van der Waals surface area contributed by atoms with Gasteiger partial charge in [-0.2, -0.15) is 0 Å². The van der Waals surface area contributed by atoms with Gasteiger partial charge in [0, 0.05) is 0 Å². The lowest BCUT2D eigenvalue weighted by Crippen LogP contribution is -2.21. The highest BCUT2D eigenvalue weighted by Gasteiger charge is 2.35. The number of fused-ring (bicyclic) bond motifs is 1. The molecule has 0 unspecified atom stereocenters. The molecule has 0 aromatic heterocycles. The van der Waals surface area contributed by atoms with Gasteiger partial charge in [0.1, 0.15) is 0 Å². The number of aryl methyl sites for hydroxylation is 2. The highest BCUT2D eigenvalue weighted by atomic mass is 16.3. The third kappa shape index (κ3) is 1.38. The van der Waals surface area contributed by atoms with Gasteiger partial charge < -0.3 is 5.11 Å². The van der Waals surface area contributed by atoms with Gasteiger partial charge in [0.15, 0.2) is 0 Å². The lowest BCUT2D eigenvalue weighted by atomic mass is 9.91. The van der Waals surface area contributed by atoms with Crippen molar-refractivity contribution in [3.05, 3.63) is 47.5 Å². The van der Waals surface area contributed by atoms with E-state index in [1.807, 2.05) is 0 Å². The molecule has 1 aromatic carbocycles. The molecule has 0 bridgehead atoms. The molecule has 0 spiro atoms. The quantitative estimate of drug-likeness (QED) is 0.707. The maximum Gasteiger partial charge on any atom is 0.0936 e. The molecule has 0 heterocycles. The molecule has 74 valence electrons. The maximum atomic E-state index is 10.4. The van der Waals surface area contributed by atoms with E-state index < -0.39 is 5.60 Å². The second kappa shape index (κ2) is 3.25. The van der Waals surface area contributed by atoms with E-state index in [1.165, 1.54) is 11.1 Å². The molecular weight excluding hydrogens is 172 g/mol. The highest BCUT2D eigenvalue weighted by molar-refractivity contribution is 5.40. The van der Waals surface area contributed by atoms with Gasteiger partial charge in [-0.25, -0.2) is 0 Å². The summed E-state index contributed by atoms with van der Waals surface area (Å²) in [6, 6.07) is 6.34. The van der Waals surface area contributed by atoms with Crippen LogP contribution in [-0.2, 0) is 12.0 Å². The number of hydrogen-bond donors (Lipinski definition) is 1. The Morgan fingerprint density at radius 3 is 3.07 bits per heavy atom. The maximum absolute atomic E-state index is 10.4. The van der Waals surface area contributed by atoms with E-state index in [2.05, 4.69) is 31.7 Å². The van der Waals surface area contributed by atoms with Crippen LogP contribution in [0.25, 0.3) is 0 Å². The molecule has 0 saturated heterocycles. The van der Waals surface area contributed by atoms with Gasteiger partial charge in [0.25, 0.3) is 0 Å². The minimum absolute atomic E-state index is 0.650. The first-order valence-corrected chi connectivity index (χ1v) is 5.09. The predicted molar refractivity (Wildman–Crippen MR) is 58.2 cm³/mol. The molecule has 0 radical (unpaired) electrons. The van der Waals surface area contributed by atoms with E-state index in [0.29, 0.717) is 6.42 Å². The summed E-state index contributed by atoms with van der Waals surface area (Å²) >= 11 is 0. The molecule has 1 aliphatic carbocycles. The number of hydrogen-bond acceptors (Lipinski definition) is 1. The fourth-order valence-corrected chi connectivity index (χ4v) is 2.27. The topological polar surface area (TPSA) is 20.2 Å². The molecule has 0 amide bonds. The fourth-order valence-electron chi connectivity index (χ4n) is 2.27. The minimum atomic E-state index is -0.650. The van der Waals surface area contributed by atoms with Crippen LogP contribution in [0.4, 0.5) is 0 Å². The molecule has 1 heteroatoms. The van der Waals surface area contributed by atoms with Crippen LogP contribution >= 0.6 is 0 Å². The Bertz CT molecular complexity index is 367. The van der Waals surface area contributed by atoms with E-state index in [0.717, 1.165) is 18.4 Å². The van der Waals surface area contributed by atoms with Gasteiger partial charge in [-0.05, 0) is 37.3 Å². The molecule has 1 atom stereocenters. The van der Waals surface area contributed by atoms with Crippen molar-refractivity contribution < 1.29 is 5.11 Å². The monoisotopic (exact) mass is 188 g/mol. The molecule has 1 aromatic rings. The molecule has 1 N–H and O–H groups in total. The van der Waals surface area contributed by atoms with Gasteiger partial charge in [0.2, 0.25) is 0 Å². The molecule has 1 nitrogen and oxygen atoms in total. The summed E-state index contributed by atoms with van der Waals surface area (Å²) in [4.78, 5) is 0. The first-order valence-electron chi connectivity index (χ1n) is 5.09. The second-order valence-corrected chi connectivity index (χ2v) is 4.18. The largest absolute Gasteiger partial charge is 0.385 e. The molecule has 14 heavy (non-hydrogen) atoms. The smallest absolute Gasteiger partial charge is 0.0936 e. The third-order valence-electron chi connectivity index (χ3n) is 3.06. The van der Waals surface area contributed by atoms with Crippen molar-refractivity contribution in [1.82, 2.24) is 0 Å². The van der Waals surface area contributed by atoms with Crippen molar-refractivity contribution >= 4 is 0 Å². The fraction of sp³-hybridized carbons (Fsp3) is 0.385. The normalized spacial score (nSPS) is 24.7. The standard InChI is InChI=1S/C13H16O/c1-3-7-13(14)8-6-11-5-4-10(2)9-12(11)13/h3-5,9,14H,1,6-8H2,2H3/t13-/m0/s1. The lowest BCUT2D eigenvalue weighted by Gasteiger charge is -2.22. The van der Waals surface area contributed by atoms with Crippen LogP contribution in [0.3, 0.4) is 0 Å². The average molecular weight is 188 g/mol. The van der Waals surface area contributed by atoms with E-state index in [4.69, 9.17) is 0 Å². The van der Waals surface area contributed by atoms with Crippen molar-refractivity contribution in [2.24, 2.45) is 0 Å². The number of aliphatic hydroxyl groups is 1. The zero-order valence-corrected chi connectivity index (χ0v) is 8.59. The van der Waals surface area contributed by atoms with Crippen LogP contribution in [0.2, 0.25) is 0 Å². The van der Waals surface area contributed by atoms with Gasteiger partial charge in [0.05, 0.1) is 5.60 Å². The predicted octanol–water partition coefficient (Wildman–Crippen LogP) is 2.70. The summed E-state index contributed by atoms with van der Waals surface area (Å²) in [6.07, 6.45) is 4.28. The van der Waals surface area contributed by atoms with Crippen LogP contribution in [0.15, 0.2) is 30.9 Å². The average Bonchev–Trinajstić information content (AvgIpc) is 2.45. The van der Waals surface area contributed by atoms with Gasteiger partial charge in [-0.3, -0.25) is 0 Å². The molecular formula is C13H16O. The highest BCUT2D eigenvalue weighted by Crippen LogP contribution is 2.39. The Kier molecular flexibility index (Phi) is 2.20. The molecule has 1 aliphatic rings. The van der Waals surface area contributed by atoms with Crippen molar-refractivity contribution in [2.45, 2.75) is 31.8 Å². The van der Waals surface area contributed by atoms with Gasteiger partial charge in [-0.15, -0.1) is 6.58 Å². The van der Waals surface area contributed by atoms with Gasteiger partial charge >= 0.3 is 0 Å². The molecule has 0 aliphatic heterocycles. The summed E-state index contributed by atoms with van der Waals surface area (Å²) in [6.45, 7) is 5.77. The van der Waals surface area contributed by atoms with E-state index in [9.17, 15) is 5.11 Å². The number of benzene rings is 1. The summed E-state index contributed by atoms with van der Waals surface area (Å²) in [5.74, 6) is 0. The summed E-state index contributed by atoms with van der Waals surface area (Å²) < 4.78 is 0. The Balaban J connectivity index is 2.46. The lowest BCUT2D eigenvalue weighted by molar-refractivity contribution is 0.0418. The van der Waals surface area contributed by atoms with Crippen LogP contribution in [0.5, 0.6) is 0 Å². The Labute approximate surface area is 85.1 Å². The minimum Gasteiger partial charge on any atom is -0.385 e. The Morgan fingerprint density at radius 2 is 2.36 bits per heavy atom. The van der Waals surface area contributed by atoms with Crippen LogP contribution in [-0.4, -0.2) is 5.11 Å². The Morgan fingerprint density at radius 1 is 1.57 bits per heavy atom. The molecule has 2 rings (SSSR count). The van der Waals surface area contributed by atoms with Crippen molar-refractivity contribution in [3.8, 4) is 0 Å². The molecule has 0 saturated carbocycles.